The molecule has 0 saturated carbocycles. The summed E-state index contributed by atoms with van der Waals surface area (Å²) in [6.07, 6.45) is 0. The van der Waals surface area contributed by atoms with Gasteiger partial charge in [-0.1, -0.05) is 30.3 Å². The number of nitrogens with one attached hydrogen (secondary N) is 2. The van der Waals surface area contributed by atoms with E-state index in [-0.39, 0.29) is 4.90 Å². The van der Waals surface area contributed by atoms with Crippen LogP contribution < -0.4 is 16.2 Å². The van der Waals surface area contributed by atoms with Crippen molar-refractivity contribution in [2.24, 2.45) is 5.84 Å². The van der Waals surface area contributed by atoms with Gasteiger partial charge in [0.15, 0.2) is 0 Å². The van der Waals surface area contributed by atoms with E-state index in [2.05, 4.69) is 12.1 Å². The van der Waals surface area contributed by atoms with Crippen molar-refractivity contribution >= 4 is 15.9 Å². The standard InChI is InChI=1S/C18H22N4O3S/c19-20-18(23)16-6-8-17(9-7-16)26(24,25)22-12-10-21(11-13-22)14-15-4-2-1-3-5-15/h1-9H,10-14,19H2,(H,20,23)/p+1. The van der Waals surface area contributed by atoms with Crippen molar-refractivity contribution in [3.63, 3.8) is 0 Å². The van der Waals surface area contributed by atoms with Gasteiger partial charge in [-0.3, -0.25) is 10.2 Å². The Kier molecular flexibility index (Phi) is 5.67. The number of hydrogen-bond acceptors (Lipinski definition) is 4. The third kappa shape index (κ3) is 4.10. The maximum absolute atomic E-state index is 12.8. The third-order valence-corrected chi connectivity index (χ3v) is 6.52. The first kappa shape index (κ1) is 18.5. The topological polar surface area (TPSA) is 96.9 Å². The fourth-order valence-electron chi connectivity index (χ4n) is 3.11. The minimum Gasteiger partial charge on any atom is -0.329 e. The van der Waals surface area contributed by atoms with Crippen LogP contribution in [0.2, 0.25) is 0 Å². The molecule has 0 aliphatic carbocycles. The molecule has 0 aromatic heterocycles. The van der Waals surface area contributed by atoms with Crippen molar-refractivity contribution in [3.8, 4) is 0 Å². The van der Waals surface area contributed by atoms with Crippen LogP contribution in [-0.2, 0) is 16.6 Å². The molecular formula is C18H23N4O3S+. The average molecular weight is 375 g/mol. The molecule has 1 aliphatic rings. The number of carbonyl (C=O) groups is 1. The lowest BCUT2D eigenvalue weighted by Gasteiger charge is -2.31. The zero-order valence-electron chi connectivity index (χ0n) is 14.4. The first-order valence-electron chi connectivity index (χ1n) is 8.49. The van der Waals surface area contributed by atoms with E-state index in [1.807, 2.05) is 23.6 Å². The van der Waals surface area contributed by atoms with Crippen LogP contribution in [0.25, 0.3) is 0 Å². The molecule has 0 unspecified atom stereocenters. The van der Waals surface area contributed by atoms with Crippen molar-refractivity contribution in [2.75, 3.05) is 26.2 Å². The fourth-order valence-corrected chi connectivity index (χ4v) is 4.56. The summed E-state index contributed by atoms with van der Waals surface area (Å²) in [7, 11) is -3.55. The number of nitrogens with two attached hydrogens (primary N) is 1. The molecule has 1 amide bonds. The Hall–Kier alpha value is -2.26. The summed E-state index contributed by atoms with van der Waals surface area (Å²) in [4.78, 5) is 13.0. The van der Waals surface area contributed by atoms with Crippen molar-refractivity contribution in [1.29, 1.82) is 0 Å². The van der Waals surface area contributed by atoms with E-state index in [4.69, 9.17) is 5.84 Å². The van der Waals surface area contributed by atoms with Crippen molar-refractivity contribution in [2.45, 2.75) is 11.4 Å². The molecule has 8 heteroatoms. The van der Waals surface area contributed by atoms with Crippen LogP contribution in [0.15, 0.2) is 59.5 Å². The second kappa shape index (κ2) is 7.96. The van der Waals surface area contributed by atoms with E-state index in [9.17, 15) is 13.2 Å². The number of rotatable bonds is 5. The van der Waals surface area contributed by atoms with Gasteiger partial charge in [-0.25, -0.2) is 14.3 Å². The van der Waals surface area contributed by atoms with E-state index in [1.165, 1.54) is 39.0 Å². The molecule has 0 bridgehead atoms. The summed E-state index contributed by atoms with van der Waals surface area (Å²) in [5, 5.41) is 0. The van der Waals surface area contributed by atoms with Gasteiger partial charge < -0.3 is 4.90 Å². The number of sulfonamides is 1. The number of piperazine rings is 1. The maximum atomic E-state index is 12.8. The molecule has 138 valence electrons. The zero-order chi connectivity index (χ0) is 18.6. The molecular weight excluding hydrogens is 352 g/mol. The predicted molar refractivity (Wildman–Crippen MR) is 97.7 cm³/mol. The quantitative estimate of drug-likeness (QED) is 0.369. The summed E-state index contributed by atoms with van der Waals surface area (Å²) >= 11 is 0. The molecule has 1 aliphatic heterocycles. The highest BCUT2D eigenvalue weighted by atomic mass is 32.2. The van der Waals surface area contributed by atoms with Gasteiger partial charge in [-0.2, -0.15) is 4.31 Å². The third-order valence-electron chi connectivity index (χ3n) is 4.61. The molecule has 0 spiro atoms. The fraction of sp³-hybridized carbons (Fsp3) is 0.278. The number of nitrogens with zero attached hydrogens (tertiary/aromatic N) is 1. The summed E-state index contributed by atoms with van der Waals surface area (Å²) in [5.74, 6) is 4.63. The van der Waals surface area contributed by atoms with E-state index >= 15 is 0 Å². The molecule has 1 saturated heterocycles. The zero-order valence-corrected chi connectivity index (χ0v) is 15.2. The first-order chi connectivity index (χ1) is 12.5. The highest BCUT2D eigenvalue weighted by Crippen LogP contribution is 2.16. The number of nitrogen functional groups attached to an aromatic ring is 1. The largest absolute Gasteiger partial charge is 0.329 e. The SMILES string of the molecule is NNC(=O)c1ccc(S(=O)(=O)N2CC[NH+](Cc3ccccc3)CC2)cc1. The highest BCUT2D eigenvalue weighted by Gasteiger charge is 2.30. The Bertz CT molecular complexity index is 846. The predicted octanol–water partition coefficient (Wildman–Crippen LogP) is -0.620. The summed E-state index contributed by atoms with van der Waals surface area (Å²) in [5.41, 5.74) is 3.61. The van der Waals surface area contributed by atoms with Gasteiger partial charge in [0.05, 0.1) is 31.1 Å². The van der Waals surface area contributed by atoms with Gasteiger partial charge >= 0.3 is 0 Å². The maximum Gasteiger partial charge on any atom is 0.265 e. The molecule has 0 radical (unpaired) electrons. The Morgan fingerprint density at radius 3 is 2.23 bits per heavy atom. The van der Waals surface area contributed by atoms with Crippen LogP contribution in [0, 0.1) is 0 Å². The van der Waals surface area contributed by atoms with E-state index in [0.717, 1.165) is 19.6 Å². The Labute approximate surface area is 153 Å². The van der Waals surface area contributed by atoms with Crippen LogP contribution in [0.5, 0.6) is 0 Å². The molecule has 4 N–H and O–H groups in total. The van der Waals surface area contributed by atoms with E-state index in [0.29, 0.717) is 18.7 Å². The van der Waals surface area contributed by atoms with Gasteiger partial charge in [-0.15, -0.1) is 0 Å². The summed E-state index contributed by atoms with van der Waals surface area (Å²) in [6, 6.07) is 16.0. The smallest absolute Gasteiger partial charge is 0.265 e. The molecule has 2 aromatic carbocycles. The average Bonchev–Trinajstić information content (AvgIpc) is 2.68. The second-order valence-corrected chi connectivity index (χ2v) is 8.25. The number of quaternary nitrogens is 1. The number of amides is 1. The van der Waals surface area contributed by atoms with Crippen LogP contribution in [0.4, 0.5) is 0 Å². The highest BCUT2D eigenvalue weighted by molar-refractivity contribution is 7.89. The summed E-state index contributed by atoms with van der Waals surface area (Å²) in [6.45, 7) is 3.40. The monoisotopic (exact) mass is 375 g/mol. The molecule has 3 rings (SSSR count). The molecule has 7 nitrogen and oxygen atoms in total. The van der Waals surface area contributed by atoms with E-state index < -0.39 is 15.9 Å². The molecule has 2 aromatic rings. The van der Waals surface area contributed by atoms with Gasteiger partial charge in [0.25, 0.3) is 5.91 Å². The molecule has 0 atom stereocenters. The van der Waals surface area contributed by atoms with E-state index in [1.54, 1.807) is 0 Å². The number of benzene rings is 2. The van der Waals surface area contributed by atoms with Crippen molar-refractivity contribution in [3.05, 3.63) is 65.7 Å². The normalized spacial score (nSPS) is 16.3. The first-order valence-corrected chi connectivity index (χ1v) is 9.93. The molecule has 1 heterocycles. The number of hydrogen-bond donors (Lipinski definition) is 3. The van der Waals surface area contributed by atoms with Crippen LogP contribution >= 0.6 is 0 Å². The van der Waals surface area contributed by atoms with Crippen LogP contribution in [0.1, 0.15) is 15.9 Å². The van der Waals surface area contributed by atoms with Gasteiger partial charge in [0.1, 0.15) is 6.54 Å². The minimum absolute atomic E-state index is 0.192. The van der Waals surface area contributed by atoms with Gasteiger partial charge in [-0.05, 0) is 24.3 Å². The van der Waals surface area contributed by atoms with Crippen LogP contribution in [-0.4, -0.2) is 44.8 Å². The number of carbonyl (C=O) groups excluding carboxylic acids is 1. The Balaban J connectivity index is 1.63. The molecule has 26 heavy (non-hydrogen) atoms. The second-order valence-electron chi connectivity index (χ2n) is 6.31. The minimum atomic E-state index is -3.55. The lowest BCUT2D eigenvalue weighted by Crippen LogP contribution is -3.13. The lowest BCUT2D eigenvalue weighted by molar-refractivity contribution is -0.917. The van der Waals surface area contributed by atoms with Crippen molar-refractivity contribution < 1.29 is 18.1 Å². The van der Waals surface area contributed by atoms with Crippen LogP contribution in [0.3, 0.4) is 0 Å². The molecule has 1 fully saturated rings. The number of hydrazine groups is 1. The summed E-state index contributed by atoms with van der Waals surface area (Å²) < 4.78 is 27.1. The van der Waals surface area contributed by atoms with Crippen molar-refractivity contribution in [1.82, 2.24) is 9.73 Å². The Morgan fingerprint density at radius 1 is 1.04 bits per heavy atom. The lowest BCUT2D eigenvalue weighted by atomic mass is 10.2. The van der Waals surface area contributed by atoms with Gasteiger partial charge in [0, 0.05) is 11.1 Å². The Morgan fingerprint density at radius 2 is 1.65 bits per heavy atom. The van der Waals surface area contributed by atoms with Gasteiger partial charge in [0.2, 0.25) is 10.0 Å².